The first kappa shape index (κ1) is 21.4. The lowest BCUT2D eigenvalue weighted by atomic mass is 10.1. The van der Waals surface area contributed by atoms with Gasteiger partial charge in [-0.3, -0.25) is 20.0 Å². The maximum absolute atomic E-state index is 12.6. The summed E-state index contributed by atoms with van der Waals surface area (Å²) in [5.74, 6) is 1.52. The molecule has 4 aromatic rings. The molecular weight excluding hydrogens is 428 g/mol. The Bertz CT molecular complexity index is 1260. The highest BCUT2D eigenvalue weighted by molar-refractivity contribution is 7.14. The minimum Gasteiger partial charge on any atom is -0.469 e. The van der Waals surface area contributed by atoms with Crippen molar-refractivity contribution in [1.29, 1.82) is 0 Å². The molecule has 3 heterocycles. The third-order valence-electron chi connectivity index (χ3n) is 4.71. The van der Waals surface area contributed by atoms with E-state index >= 15 is 0 Å². The van der Waals surface area contributed by atoms with Crippen LogP contribution in [0.1, 0.15) is 47.4 Å². The Morgan fingerprint density at radius 3 is 2.69 bits per heavy atom. The molecule has 32 heavy (non-hydrogen) atoms. The first-order valence-corrected chi connectivity index (χ1v) is 10.9. The van der Waals surface area contributed by atoms with Crippen molar-refractivity contribution in [3.8, 4) is 11.4 Å². The SMILES string of the molecule is Cc1occc1C(=O)Nc1nc(CC(=O)Nc2ccccc2-c2n[nH]c(C(C)C)n2)cs1. The lowest BCUT2D eigenvalue weighted by Crippen LogP contribution is -2.16. The third-order valence-corrected chi connectivity index (χ3v) is 5.52. The van der Waals surface area contributed by atoms with Crippen LogP contribution in [0.2, 0.25) is 0 Å². The highest BCUT2D eigenvalue weighted by Gasteiger charge is 2.16. The number of aryl methyl sites for hydroxylation is 1. The number of amides is 2. The van der Waals surface area contributed by atoms with E-state index in [2.05, 4.69) is 30.8 Å². The van der Waals surface area contributed by atoms with Crippen molar-refractivity contribution in [3.05, 3.63) is 64.8 Å². The summed E-state index contributed by atoms with van der Waals surface area (Å²) in [5.41, 5.74) is 2.35. The summed E-state index contributed by atoms with van der Waals surface area (Å²) in [7, 11) is 0. The van der Waals surface area contributed by atoms with Gasteiger partial charge in [-0.25, -0.2) is 9.97 Å². The first-order valence-electron chi connectivity index (χ1n) is 10.0. The number of para-hydroxylation sites is 1. The fourth-order valence-corrected chi connectivity index (χ4v) is 3.73. The molecule has 3 N–H and O–H groups in total. The molecule has 0 spiro atoms. The monoisotopic (exact) mass is 450 g/mol. The molecule has 0 saturated heterocycles. The molecule has 10 heteroatoms. The third kappa shape index (κ3) is 4.75. The number of anilines is 2. The Hall–Kier alpha value is -3.79. The highest BCUT2D eigenvalue weighted by atomic mass is 32.1. The Morgan fingerprint density at radius 1 is 1.16 bits per heavy atom. The van der Waals surface area contributed by atoms with Crippen LogP contribution in [0.25, 0.3) is 11.4 Å². The number of carbonyl (C=O) groups is 2. The van der Waals surface area contributed by atoms with Crippen LogP contribution in [0.5, 0.6) is 0 Å². The van der Waals surface area contributed by atoms with Crippen molar-refractivity contribution < 1.29 is 14.0 Å². The zero-order valence-electron chi connectivity index (χ0n) is 17.8. The smallest absolute Gasteiger partial charge is 0.260 e. The lowest BCUT2D eigenvalue weighted by molar-refractivity contribution is -0.115. The summed E-state index contributed by atoms with van der Waals surface area (Å²) in [6.07, 6.45) is 1.53. The summed E-state index contributed by atoms with van der Waals surface area (Å²) in [5, 5.41) is 15.0. The molecule has 0 aliphatic heterocycles. The normalized spacial score (nSPS) is 11.0. The fraction of sp³-hybridized carbons (Fsp3) is 0.227. The maximum atomic E-state index is 12.6. The number of nitrogens with one attached hydrogen (secondary N) is 3. The van der Waals surface area contributed by atoms with Gasteiger partial charge in [0.1, 0.15) is 11.6 Å². The molecule has 1 aromatic carbocycles. The quantitative estimate of drug-likeness (QED) is 0.383. The van der Waals surface area contributed by atoms with Gasteiger partial charge in [0.15, 0.2) is 11.0 Å². The standard InChI is InChI=1S/C22H22N6O3S/c1-12(2)19-25-20(28-27-19)16-6-4-5-7-17(16)24-18(29)10-14-11-32-22(23-14)26-21(30)15-8-9-31-13(15)3/h4-9,11-12H,10H2,1-3H3,(H,24,29)(H,23,26,30)(H,25,27,28). The van der Waals surface area contributed by atoms with Gasteiger partial charge in [-0.2, -0.15) is 5.10 Å². The average Bonchev–Trinajstić information content (AvgIpc) is 3.49. The molecule has 164 valence electrons. The molecule has 9 nitrogen and oxygen atoms in total. The molecule has 0 aliphatic carbocycles. The van der Waals surface area contributed by atoms with Gasteiger partial charge in [0.25, 0.3) is 5.91 Å². The second kappa shape index (κ2) is 9.15. The predicted molar refractivity (Wildman–Crippen MR) is 122 cm³/mol. The van der Waals surface area contributed by atoms with Crippen LogP contribution in [0.4, 0.5) is 10.8 Å². The summed E-state index contributed by atoms with van der Waals surface area (Å²) >= 11 is 1.26. The number of aromatic nitrogens is 4. The number of hydrogen-bond acceptors (Lipinski definition) is 7. The van der Waals surface area contributed by atoms with Crippen molar-refractivity contribution in [2.75, 3.05) is 10.6 Å². The molecule has 2 amide bonds. The molecule has 3 aromatic heterocycles. The Kier molecular flexibility index (Phi) is 6.13. The van der Waals surface area contributed by atoms with Crippen LogP contribution in [-0.2, 0) is 11.2 Å². The van der Waals surface area contributed by atoms with Gasteiger partial charge in [-0.05, 0) is 25.1 Å². The van der Waals surface area contributed by atoms with Gasteiger partial charge < -0.3 is 9.73 Å². The Balaban J connectivity index is 1.42. The van der Waals surface area contributed by atoms with Crippen molar-refractivity contribution in [2.45, 2.75) is 33.1 Å². The van der Waals surface area contributed by atoms with Crippen molar-refractivity contribution in [1.82, 2.24) is 20.2 Å². The Morgan fingerprint density at radius 2 is 1.97 bits per heavy atom. The molecule has 0 saturated carbocycles. The minimum atomic E-state index is -0.303. The van der Waals surface area contributed by atoms with Gasteiger partial charge in [-0.15, -0.1) is 11.3 Å². The van der Waals surface area contributed by atoms with Crippen LogP contribution in [-0.4, -0.2) is 32.0 Å². The summed E-state index contributed by atoms with van der Waals surface area (Å²) in [6.45, 7) is 5.77. The van der Waals surface area contributed by atoms with E-state index in [1.807, 2.05) is 32.0 Å². The van der Waals surface area contributed by atoms with Gasteiger partial charge in [0.2, 0.25) is 5.91 Å². The van der Waals surface area contributed by atoms with E-state index in [9.17, 15) is 9.59 Å². The van der Waals surface area contributed by atoms with Crippen LogP contribution in [0, 0.1) is 6.92 Å². The molecule has 0 radical (unpaired) electrons. The molecule has 0 atom stereocenters. The molecular formula is C22H22N6O3S. The van der Waals surface area contributed by atoms with Gasteiger partial charge in [0.05, 0.1) is 29.6 Å². The Labute approximate surface area is 188 Å². The molecule has 0 bridgehead atoms. The molecule has 4 rings (SSSR count). The number of furan rings is 1. The second-order valence-corrected chi connectivity index (χ2v) is 8.32. The average molecular weight is 451 g/mol. The molecule has 0 fully saturated rings. The van der Waals surface area contributed by atoms with Crippen LogP contribution in [0.3, 0.4) is 0 Å². The van der Waals surface area contributed by atoms with E-state index in [4.69, 9.17) is 4.42 Å². The number of nitrogens with zero attached hydrogens (tertiary/aromatic N) is 3. The lowest BCUT2D eigenvalue weighted by Gasteiger charge is -2.08. The number of hydrogen-bond donors (Lipinski definition) is 3. The van der Waals surface area contributed by atoms with Gasteiger partial charge >= 0.3 is 0 Å². The zero-order valence-corrected chi connectivity index (χ0v) is 18.6. The van der Waals surface area contributed by atoms with Crippen molar-refractivity contribution in [3.63, 3.8) is 0 Å². The van der Waals surface area contributed by atoms with E-state index < -0.39 is 0 Å². The van der Waals surface area contributed by atoms with E-state index in [0.29, 0.717) is 33.7 Å². The van der Waals surface area contributed by atoms with E-state index in [0.717, 1.165) is 11.4 Å². The molecule has 0 unspecified atom stereocenters. The fourth-order valence-electron chi connectivity index (χ4n) is 3.03. The van der Waals surface area contributed by atoms with Gasteiger partial charge in [0, 0.05) is 16.9 Å². The van der Waals surface area contributed by atoms with E-state index in [-0.39, 0.29) is 24.2 Å². The van der Waals surface area contributed by atoms with Crippen LogP contribution < -0.4 is 10.6 Å². The number of rotatable bonds is 7. The maximum Gasteiger partial charge on any atom is 0.260 e. The topological polar surface area (TPSA) is 126 Å². The summed E-state index contributed by atoms with van der Waals surface area (Å²) < 4.78 is 5.15. The van der Waals surface area contributed by atoms with E-state index in [1.54, 1.807) is 24.4 Å². The van der Waals surface area contributed by atoms with Crippen molar-refractivity contribution >= 4 is 34.0 Å². The molecule has 0 aliphatic rings. The largest absolute Gasteiger partial charge is 0.469 e. The summed E-state index contributed by atoms with van der Waals surface area (Å²) in [4.78, 5) is 33.8. The van der Waals surface area contributed by atoms with E-state index in [1.165, 1.54) is 17.6 Å². The number of aromatic amines is 1. The summed E-state index contributed by atoms with van der Waals surface area (Å²) in [6, 6.07) is 8.97. The minimum absolute atomic E-state index is 0.0662. The first-order chi connectivity index (χ1) is 15.4. The second-order valence-electron chi connectivity index (χ2n) is 7.46. The zero-order chi connectivity index (χ0) is 22.7. The van der Waals surface area contributed by atoms with Gasteiger partial charge in [-0.1, -0.05) is 26.0 Å². The predicted octanol–water partition coefficient (Wildman–Crippen LogP) is 4.39. The number of H-pyrrole nitrogens is 1. The number of thiazole rings is 1. The van der Waals surface area contributed by atoms with Crippen LogP contribution >= 0.6 is 11.3 Å². The highest BCUT2D eigenvalue weighted by Crippen LogP contribution is 2.26. The number of benzene rings is 1. The number of carbonyl (C=O) groups excluding carboxylic acids is 2. The van der Waals surface area contributed by atoms with Crippen LogP contribution in [0.15, 0.2) is 46.4 Å². The van der Waals surface area contributed by atoms with Crippen molar-refractivity contribution in [2.24, 2.45) is 0 Å².